The van der Waals surface area contributed by atoms with Crippen molar-refractivity contribution < 1.29 is 18.3 Å². The van der Waals surface area contributed by atoms with Gasteiger partial charge >= 0.3 is 6.18 Å². The van der Waals surface area contributed by atoms with Crippen molar-refractivity contribution in [3.05, 3.63) is 34.4 Å². The number of aryl methyl sites for hydroxylation is 1. The highest BCUT2D eigenvalue weighted by Gasteiger charge is 2.37. The molecule has 1 atom stereocenters. The molecule has 2 rings (SSSR count). The molecule has 1 nitrogen and oxygen atoms in total. The van der Waals surface area contributed by atoms with E-state index in [4.69, 9.17) is 0 Å². The van der Waals surface area contributed by atoms with E-state index in [1.165, 1.54) is 6.07 Å². The normalized spacial score (nSPS) is 20.5. The van der Waals surface area contributed by atoms with Crippen LogP contribution in [-0.2, 0) is 12.6 Å². The Balaban J connectivity index is 2.63. The molecule has 0 fully saturated rings. The van der Waals surface area contributed by atoms with E-state index >= 15 is 0 Å². The molecule has 0 amide bonds. The van der Waals surface area contributed by atoms with Crippen molar-refractivity contribution in [2.45, 2.75) is 32.0 Å². The Morgan fingerprint density at radius 1 is 1.33 bits per heavy atom. The van der Waals surface area contributed by atoms with Gasteiger partial charge in [0.25, 0.3) is 0 Å². The molecule has 4 heteroatoms. The Hall–Kier alpha value is -1.03. The zero-order valence-corrected chi connectivity index (χ0v) is 8.23. The van der Waals surface area contributed by atoms with Crippen LogP contribution in [0, 0.1) is 6.92 Å². The number of hydrogen-bond donors (Lipinski definition) is 1. The predicted octanol–water partition coefficient (Wildman–Crippen LogP) is 2.99. The van der Waals surface area contributed by atoms with Crippen LogP contribution in [0.4, 0.5) is 13.2 Å². The number of fused-ring (bicyclic) bond motifs is 1. The lowest BCUT2D eigenvalue weighted by molar-refractivity contribution is -0.138. The van der Waals surface area contributed by atoms with Crippen LogP contribution in [0.25, 0.3) is 0 Å². The Kier molecular flexibility index (Phi) is 2.26. The molecular weight excluding hydrogens is 205 g/mol. The fourth-order valence-corrected chi connectivity index (χ4v) is 2.21. The molecule has 1 N–H and O–H groups in total. The fourth-order valence-electron chi connectivity index (χ4n) is 2.21. The number of benzene rings is 1. The summed E-state index contributed by atoms with van der Waals surface area (Å²) < 4.78 is 37.9. The van der Waals surface area contributed by atoms with Crippen molar-refractivity contribution in [2.24, 2.45) is 0 Å². The van der Waals surface area contributed by atoms with Crippen molar-refractivity contribution in [3.8, 4) is 0 Å². The second-order valence-corrected chi connectivity index (χ2v) is 3.87. The van der Waals surface area contributed by atoms with Crippen LogP contribution in [0.1, 0.15) is 34.8 Å². The zero-order valence-electron chi connectivity index (χ0n) is 8.23. The van der Waals surface area contributed by atoms with E-state index in [0.717, 1.165) is 11.6 Å². The van der Waals surface area contributed by atoms with Gasteiger partial charge < -0.3 is 5.11 Å². The average molecular weight is 216 g/mol. The molecule has 0 saturated carbocycles. The van der Waals surface area contributed by atoms with E-state index in [-0.39, 0.29) is 5.56 Å². The molecule has 1 aromatic rings. The molecule has 0 aliphatic heterocycles. The summed E-state index contributed by atoms with van der Waals surface area (Å²) in [6.45, 7) is 1.73. The predicted molar refractivity (Wildman–Crippen MR) is 49.5 cm³/mol. The Morgan fingerprint density at radius 3 is 2.60 bits per heavy atom. The molecule has 0 bridgehead atoms. The Labute approximate surface area is 85.5 Å². The smallest absolute Gasteiger partial charge is 0.388 e. The van der Waals surface area contributed by atoms with Gasteiger partial charge in [-0.1, -0.05) is 6.07 Å². The summed E-state index contributed by atoms with van der Waals surface area (Å²) in [6.07, 6.45) is -4.35. The van der Waals surface area contributed by atoms with Crippen LogP contribution in [0.5, 0.6) is 0 Å². The van der Waals surface area contributed by atoms with Gasteiger partial charge in [-0.3, -0.25) is 0 Å². The summed E-state index contributed by atoms with van der Waals surface area (Å²) in [7, 11) is 0. The van der Waals surface area contributed by atoms with Gasteiger partial charge in [0.05, 0.1) is 11.7 Å². The molecule has 1 aromatic carbocycles. The topological polar surface area (TPSA) is 20.2 Å². The van der Waals surface area contributed by atoms with Crippen LogP contribution in [0.15, 0.2) is 12.1 Å². The van der Waals surface area contributed by atoms with Crippen molar-refractivity contribution in [1.82, 2.24) is 0 Å². The molecule has 1 aliphatic carbocycles. The molecule has 82 valence electrons. The third-order valence-corrected chi connectivity index (χ3v) is 2.88. The van der Waals surface area contributed by atoms with Crippen LogP contribution >= 0.6 is 0 Å². The largest absolute Gasteiger partial charge is 0.416 e. The van der Waals surface area contributed by atoms with Gasteiger partial charge in [-0.25, -0.2) is 0 Å². The number of aliphatic hydroxyl groups excluding tert-OH is 1. The summed E-state index contributed by atoms with van der Waals surface area (Å²) in [5.74, 6) is 0. The van der Waals surface area contributed by atoms with Gasteiger partial charge in [0.2, 0.25) is 0 Å². The van der Waals surface area contributed by atoms with E-state index in [2.05, 4.69) is 0 Å². The van der Waals surface area contributed by atoms with Gasteiger partial charge in [0.15, 0.2) is 0 Å². The average Bonchev–Trinajstić information content (AvgIpc) is 2.47. The molecule has 1 aliphatic rings. The number of aliphatic hydroxyl groups is 1. The minimum Gasteiger partial charge on any atom is -0.388 e. The maximum Gasteiger partial charge on any atom is 0.416 e. The molecule has 0 unspecified atom stereocenters. The van der Waals surface area contributed by atoms with Gasteiger partial charge in [-0.05, 0) is 42.5 Å². The second-order valence-electron chi connectivity index (χ2n) is 3.87. The van der Waals surface area contributed by atoms with Gasteiger partial charge in [0.1, 0.15) is 0 Å². The number of alkyl halides is 3. The summed E-state index contributed by atoms with van der Waals surface area (Å²) in [5, 5.41) is 9.59. The van der Waals surface area contributed by atoms with E-state index in [1.807, 2.05) is 0 Å². The summed E-state index contributed by atoms with van der Waals surface area (Å²) in [5.41, 5.74) is 0.891. The number of rotatable bonds is 0. The SMILES string of the molecule is Cc1ccc(C(F)(F)F)c2c1[C@@H](O)CC2. The fraction of sp³-hybridized carbons (Fsp3) is 0.455. The molecule has 15 heavy (non-hydrogen) atoms. The lowest BCUT2D eigenvalue weighted by Gasteiger charge is -2.14. The van der Waals surface area contributed by atoms with Gasteiger partial charge in [-0.15, -0.1) is 0 Å². The third-order valence-electron chi connectivity index (χ3n) is 2.88. The highest BCUT2D eigenvalue weighted by molar-refractivity contribution is 5.46. The monoisotopic (exact) mass is 216 g/mol. The quantitative estimate of drug-likeness (QED) is 0.706. The molecule has 0 saturated heterocycles. The second kappa shape index (κ2) is 3.23. The molecule has 0 spiro atoms. The first-order valence-corrected chi connectivity index (χ1v) is 4.79. The standard InChI is InChI=1S/C11H11F3O/c1-6-2-4-8(11(12,13)14)7-3-5-9(15)10(6)7/h2,4,9,15H,3,5H2,1H3/t9-/m0/s1. The number of hydrogen-bond acceptors (Lipinski definition) is 1. The lowest BCUT2D eigenvalue weighted by atomic mass is 9.98. The molecular formula is C11H11F3O. The van der Waals surface area contributed by atoms with Crippen LogP contribution in [0.3, 0.4) is 0 Å². The van der Waals surface area contributed by atoms with Gasteiger partial charge in [0, 0.05) is 0 Å². The molecule has 0 heterocycles. The van der Waals surface area contributed by atoms with E-state index < -0.39 is 17.8 Å². The van der Waals surface area contributed by atoms with Gasteiger partial charge in [-0.2, -0.15) is 13.2 Å². The lowest BCUT2D eigenvalue weighted by Crippen LogP contribution is -2.10. The first-order valence-electron chi connectivity index (χ1n) is 4.79. The van der Waals surface area contributed by atoms with E-state index in [1.54, 1.807) is 6.92 Å². The number of halogens is 3. The Morgan fingerprint density at radius 2 is 2.00 bits per heavy atom. The van der Waals surface area contributed by atoms with Crippen molar-refractivity contribution >= 4 is 0 Å². The van der Waals surface area contributed by atoms with Crippen molar-refractivity contribution in [1.29, 1.82) is 0 Å². The molecule has 0 radical (unpaired) electrons. The Bertz CT molecular complexity index is 396. The highest BCUT2D eigenvalue weighted by Crippen LogP contribution is 2.41. The minimum atomic E-state index is -4.32. The first kappa shape index (κ1) is 10.5. The van der Waals surface area contributed by atoms with E-state index in [0.29, 0.717) is 18.4 Å². The zero-order chi connectivity index (χ0) is 11.2. The highest BCUT2D eigenvalue weighted by atomic mass is 19.4. The summed E-state index contributed by atoms with van der Waals surface area (Å²) in [6, 6.07) is 2.53. The minimum absolute atomic E-state index is 0.273. The first-order chi connectivity index (χ1) is 6.91. The van der Waals surface area contributed by atoms with Crippen molar-refractivity contribution in [2.75, 3.05) is 0 Å². The third kappa shape index (κ3) is 1.63. The molecule has 0 aromatic heterocycles. The summed E-state index contributed by atoms with van der Waals surface area (Å²) in [4.78, 5) is 0. The van der Waals surface area contributed by atoms with E-state index in [9.17, 15) is 18.3 Å². The summed E-state index contributed by atoms with van der Waals surface area (Å²) >= 11 is 0. The maximum atomic E-state index is 12.6. The van der Waals surface area contributed by atoms with Crippen molar-refractivity contribution in [3.63, 3.8) is 0 Å². The van der Waals surface area contributed by atoms with Crippen LogP contribution in [0.2, 0.25) is 0 Å². The van der Waals surface area contributed by atoms with Crippen LogP contribution in [-0.4, -0.2) is 5.11 Å². The van der Waals surface area contributed by atoms with Crippen LogP contribution < -0.4 is 0 Å². The maximum absolute atomic E-state index is 12.6.